The molecule has 1 amide bonds. The molecular weight excluding hydrogens is 412 g/mol. The average molecular weight is 439 g/mol. The Bertz CT molecular complexity index is 1020. The number of benzene rings is 2. The summed E-state index contributed by atoms with van der Waals surface area (Å²) in [7, 11) is 1.61. The molecule has 2 heterocycles. The van der Waals surface area contributed by atoms with Gasteiger partial charge in [-0.3, -0.25) is 9.69 Å². The van der Waals surface area contributed by atoms with E-state index < -0.39 is 0 Å². The van der Waals surface area contributed by atoms with E-state index in [0.717, 1.165) is 30.0 Å². The summed E-state index contributed by atoms with van der Waals surface area (Å²) in [6, 6.07) is 15.5. The van der Waals surface area contributed by atoms with Gasteiger partial charge in [-0.1, -0.05) is 23.4 Å². The maximum Gasteiger partial charge on any atom is 0.257 e. The minimum atomic E-state index is 0.0114. The quantitative estimate of drug-likeness (QED) is 0.542. The van der Waals surface area contributed by atoms with E-state index in [9.17, 15) is 4.79 Å². The smallest absolute Gasteiger partial charge is 0.257 e. The van der Waals surface area contributed by atoms with Crippen LogP contribution in [0.2, 0.25) is 0 Å². The molecule has 0 saturated carbocycles. The lowest BCUT2D eigenvalue weighted by atomic mass is 10.1. The van der Waals surface area contributed by atoms with Gasteiger partial charge >= 0.3 is 0 Å². The molecule has 31 heavy (non-hydrogen) atoms. The van der Waals surface area contributed by atoms with Gasteiger partial charge in [-0.25, -0.2) is 0 Å². The first-order valence-electron chi connectivity index (χ1n) is 10.3. The summed E-state index contributed by atoms with van der Waals surface area (Å²) < 4.78 is 10.9. The van der Waals surface area contributed by atoms with E-state index in [1.54, 1.807) is 18.9 Å². The Morgan fingerprint density at radius 1 is 1.13 bits per heavy atom. The van der Waals surface area contributed by atoms with Crippen molar-refractivity contribution >= 4 is 17.7 Å². The van der Waals surface area contributed by atoms with Crippen LogP contribution in [0.4, 0.5) is 0 Å². The number of carbonyl (C=O) groups is 1. The highest BCUT2D eigenvalue weighted by Crippen LogP contribution is 2.27. The Labute approximate surface area is 186 Å². The van der Waals surface area contributed by atoms with E-state index in [0.29, 0.717) is 42.7 Å². The molecule has 8 heteroatoms. The molecule has 0 bridgehead atoms. The molecule has 0 radical (unpaired) electrons. The Kier molecular flexibility index (Phi) is 6.89. The largest absolute Gasteiger partial charge is 0.496 e. The highest BCUT2D eigenvalue weighted by Gasteiger charge is 2.24. The second kappa shape index (κ2) is 9.98. The number of amides is 1. The Balaban J connectivity index is 1.39. The van der Waals surface area contributed by atoms with E-state index in [-0.39, 0.29) is 5.91 Å². The maximum absolute atomic E-state index is 13.1. The van der Waals surface area contributed by atoms with Crippen LogP contribution in [-0.4, -0.2) is 65.4 Å². The molecule has 7 nitrogen and oxygen atoms in total. The zero-order valence-electron chi connectivity index (χ0n) is 17.8. The topological polar surface area (TPSA) is 71.7 Å². The monoisotopic (exact) mass is 438 g/mol. The fourth-order valence-corrected chi connectivity index (χ4v) is 4.12. The van der Waals surface area contributed by atoms with Crippen LogP contribution < -0.4 is 4.74 Å². The van der Waals surface area contributed by atoms with Crippen LogP contribution in [0.15, 0.2) is 57.9 Å². The fraction of sp³-hybridized carbons (Fsp3) is 0.348. The van der Waals surface area contributed by atoms with E-state index in [1.807, 2.05) is 59.7 Å². The molecule has 0 unspecified atom stereocenters. The van der Waals surface area contributed by atoms with Crippen molar-refractivity contribution in [1.29, 1.82) is 0 Å². The highest BCUT2D eigenvalue weighted by molar-refractivity contribution is 7.98. The lowest BCUT2D eigenvalue weighted by Crippen LogP contribution is -2.35. The summed E-state index contributed by atoms with van der Waals surface area (Å²) in [5, 5.41) is 4.13. The normalized spacial score (nSPS) is 15.0. The molecule has 0 spiro atoms. The van der Waals surface area contributed by atoms with Gasteiger partial charge in [0.15, 0.2) is 5.82 Å². The molecule has 1 saturated heterocycles. The van der Waals surface area contributed by atoms with Gasteiger partial charge in [-0.2, -0.15) is 4.98 Å². The Morgan fingerprint density at radius 2 is 1.97 bits per heavy atom. The molecule has 4 rings (SSSR count). The number of ether oxygens (including phenoxy) is 1. The standard InChI is InChI=1S/C23H26N4O3S/c1-29-20-15-18(31-2)9-10-19(20)23(28)27-12-6-11-26(13-14-27)16-21-24-22(30-25-21)17-7-4-3-5-8-17/h3-5,7-10,15H,6,11-14,16H2,1-2H3. The summed E-state index contributed by atoms with van der Waals surface area (Å²) in [6.45, 7) is 3.59. The minimum absolute atomic E-state index is 0.0114. The third-order valence-corrected chi connectivity index (χ3v) is 6.09. The number of rotatable bonds is 6. The summed E-state index contributed by atoms with van der Waals surface area (Å²) in [6.07, 6.45) is 2.90. The van der Waals surface area contributed by atoms with Crippen LogP contribution in [0, 0.1) is 0 Å². The first-order chi connectivity index (χ1) is 15.2. The van der Waals surface area contributed by atoms with Crippen molar-refractivity contribution in [1.82, 2.24) is 19.9 Å². The second-order valence-electron chi connectivity index (χ2n) is 7.37. The predicted molar refractivity (Wildman–Crippen MR) is 120 cm³/mol. The minimum Gasteiger partial charge on any atom is -0.496 e. The first-order valence-corrected chi connectivity index (χ1v) is 11.5. The molecule has 162 valence electrons. The van der Waals surface area contributed by atoms with Gasteiger partial charge < -0.3 is 14.2 Å². The number of nitrogens with zero attached hydrogens (tertiary/aromatic N) is 4. The van der Waals surface area contributed by atoms with Gasteiger partial charge in [-0.05, 0) is 43.0 Å². The molecule has 3 aromatic rings. The number of carbonyl (C=O) groups excluding carboxylic acids is 1. The van der Waals surface area contributed by atoms with Gasteiger partial charge in [0.25, 0.3) is 11.8 Å². The summed E-state index contributed by atoms with van der Waals surface area (Å²) in [5.74, 6) is 1.83. The van der Waals surface area contributed by atoms with Crippen molar-refractivity contribution in [3.63, 3.8) is 0 Å². The number of hydrogen-bond acceptors (Lipinski definition) is 7. The molecule has 1 aliphatic heterocycles. The Morgan fingerprint density at radius 3 is 2.74 bits per heavy atom. The van der Waals surface area contributed by atoms with E-state index in [4.69, 9.17) is 9.26 Å². The van der Waals surface area contributed by atoms with Gasteiger partial charge in [-0.15, -0.1) is 11.8 Å². The van der Waals surface area contributed by atoms with Gasteiger partial charge in [0, 0.05) is 36.6 Å². The molecule has 0 N–H and O–H groups in total. The lowest BCUT2D eigenvalue weighted by Gasteiger charge is -2.22. The van der Waals surface area contributed by atoms with Crippen LogP contribution in [0.1, 0.15) is 22.6 Å². The zero-order valence-corrected chi connectivity index (χ0v) is 18.6. The van der Waals surface area contributed by atoms with Crippen molar-refractivity contribution in [2.75, 3.05) is 39.5 Å². The first kappa shape index (κ1) is 21.4. The van der Waals surface area contributed by atoms with E-state index in [2.05, 4.69) is 15.0 Å². The summed E-state index contributed by atoms with van der Waals surface area (Å²) in [4.78, 5) is 22.9. The second-order valence-corrected chi connectivity index (χ2v) is 8.25. The van der Waals surface area contributed by atoms with Crippen molar-refractivity contribution in [3.05, 3.63) is 59.9 Å². The van der Waals surface area contributed by atoms with Crippen molar-refractivity contribution in [3.8, 4) is 17.2 Å². The average Bonchev–Trinajstić information content (AvgIpc) is 3.16. The van der Waals surface area contributed by atoms with Crippen molar-refractivity contribution in [2.45, 2.75) is 17.9 Å². The van der Waals surface area contributed by atoms with Crippen LogP contribution in [0.3, 0.4) is 0 Å². The highest BCUT2D eigenvalue weighted by atomic mass is 32.2. The number of methoxy groups -OCH3 is 1. The summed E-state index contributed by atoms with van der Waals surface area (Å²) in [5.41, 5.74) is 1.52. The third kappa shape index (κ3) is 5.08. The SMILES string of the molecule is COc1cc(SC)ccc1C(=O)N1CCCN(Cc2noc(-c3ccccc3)n2)CC1. The molecule has 1 aromatic heterocycles. The van der Waals surface area contributed by atoms with E-state index >= 15 is 0 Å². The van der Waals surface area contributed by atoms with Crippen LogP contribution >= 0.6 is 11.8 Å². The predicted octanol–water partition coefficient (Wildman–Crippen LogP) is 3.82. The van der Waals surface area contributed by atoms with Gasteiger partial charge in [0.2, 0.25) is 0 Å². The van der Waals surface area contributed by atoms with Crippen LogP contribution in [0.5, 0.6) is 5.75 Å². The zero-order chi connectivity index (χ0) is 21.6. The molecular formula is C23H26N4O3S. The van der Waals surface area contributed by atoms with Crippen molar-refractivity contribution < 1.29 is 14.1 Å². The molecule has 1 aliphatic rings. The number of aromatic nitrogens is 2. The Hall–Kier alpha value is -2.84. The maximum atomic E-state index is 13.1. The van der Waals surface area contributed by atoms with Crippen LogP contribution in [0.25, 0.3) is 11.5 Å². The lowest BCUT2D eigenvalue weighted by molar-refractivity contribution is 0.0757. The molecule has 0 aliphatic carbocycles. The number of hydrogen-bond donors (Lipinski definition) is 0. The van der Waals surface area contributed by atoms with Crippen LogP contribution in [-0.2, 0) is 6.54 Å². The molecule has 1 fully saturated rings. The van der Waals surface area contributed by atoms with E-state index in [1.165, 1.54) is 0 Å². The van der Waals surface area contributed by atoms with Crippen molar-refractivity contribution in [2.24, 2.45) is 0 Å². The van der Waals surface area contributed by atoms with Gasteiger partial charge in [0.1, 0.15) is 5.75 Å². The van der Waals surface area contributed by atoms with Gasteiger partial charge in [0.05, 0.1) is 19.2 Å². The fourth-order valence-electron chi connectivity index (χ4n) is 3.69. The molecule has 0 atom stereocenters. The number of thioether (sulfide) groups is 1. The third-order valence-electron chi connectivity index (χ3n) is 5.37. The molecule has 2 aromatic carbocycles. The summed E-state index contributed by atoms with van der Waals surface area (Å²) >= 11 is 1.63.